The molecule has 0 spiro atoms. The third-order valence-electron chi connectivity index (χ3n) is 6.33. The van der Waals surface area contributed by atoms with Crippen LogP contribution >= 0.6 is 11.6 Å². The SMILES string of the molecule is C=CC(=O)N1CC(/C=[N+]2/N=C(C#Cc3cc4ncn(C)c4c(F)c3Cl)c3c(N)ncnc32)C[C@@H]1COC. The van der Waals surface area contributed by atoms with E-state index in [0.29, 0.717) is 47.7 Å². The van der Waals surface area contributed by atoms with Gasteiger partial charge in [-0.15, -0.1) is 4.68 Å². The molecule has 12 heteroatoms. The molecule has 2 N–H and O–H groups in total. The van der Waals surface area contributed by atoms with E-state index in [4.69, 9.17) is 22.1 Å². The maximum absolute atomic E-state index is 14.9. The number of benzene rings is 1. The number of carbonyl (C=O) groups excluding carboxylic acids is 1. The number of anilines is 1. The molecule has 1 aromatic carbocycles. The lowest BCUT2D eigenvalue weighted by Crippen LogP contribution is -2.37. The Morgan fingerprint density at radius 1 is 1.41 bits per heavy atom. The van der Waals surface area contributed by atoms with Crippen molar-refractivity contribution in [3.63, 3.8) is 0 Å². The number of rotatable bonds is 4. The number of likely N-dealkylation sites (tertiary alicyclic amines) is 1. The zero-order valence-electron chi connectivity index (χ0n) is 20.2. The number of imidazole rings is 1. The number of nitrogens with zero attached hydrogens (tertiary/aromatic N) is 7. The van der Waals surface area contributed by atoms with Crippen LogP contribution in [0.25, 0.3) is 11.0 Å². The molecule has 3 aromatic rings. The van der Waals surface area contributed by atoms with Crippen molar-refractivity contribution in [1.82, 2.24) is 24.4 Å². The smallest absolute Gasteiger partial charge is 0.363 e. The van der Waals surface area contributed by atoms with Crippen LogP contribution < -0.4 is 5.73 Å². The van der Waals surface area contributed by atoms with Gasteiger partial charge in [-0.2, -0.15) is 4.98 Å². The van der Waals surface area contributed by atoms with Crippen LogP contribution in [-0.2, 0) is 16.6 Å². The minimum absolute atomic E-state index is 0.0285. The number of aryl methyl sites for hydroxylation is 1. The van der Waals surface area contributed by atoms with E-state index in [-0.39, 0.29) is 34.3 Å². The van der Waals surface area contributed by atoms with E-state index >= 15 is 0 Å². The Bertz CT molecular complexity index is 1570. The summed E-state index contributed by atoms with van der Waals surface area (Å²) >= 11 is 6.28. The predicted molar refractivity (Wildman–Crippen MR) is 137 cm³/mol. The van der Waals surface area contributed by atoms with Crippen LogP contribution in [0.2, 0.25) is 5.02 Å². The van der Waals surface area contributed by atoms with Crippen LogP contribution in [0, 0.1) is 23.6 Å². The highest BCUT2D eigenvalue weighted by Gasteiger charge is 2.37. The number of nitrogens with two attached hydrogens (primary N) is 1. The van der Waals surface area contributed by atoms with Crippen LogP contribution in [-0.4, -0.2) is 73.2 Å². The number of ether oxygens (including phenoxy) is 1. The molecule has 188 valence electrons. The Morgan fingerprint density at radius 3 is 2.97 bits per heavy atom. The third-order valence-corrected chi connectivity index (χ3v) is 6.70. The highest BCUT2D eigenvalue weighted by Crippen LogP contribution is 2.30. The maximum atomic E-state index is 14.9. The number of carbonyl (C=O) groups is 1. The summed E-state index contributed by atoms with van der Waals surface area (Å²) in [6.45, 7) is 4.48. The van der Waals surface area contributed by atoms with Crippen LogP contribution in [0.15, 0.2) is 36.5 Å². The Hall–Kier alpha value is -4.14. The highest BCUT2D eigenvalue weighted by molar-refractivity contribution is 6.32. The van der Waals surface area contributed by atoms with Gasteiger partial charge in [0.2, 0.25) is 12.2 Å². The molecule has 0 aliphatic carbocycles. The summed E-state index contributed by atoms with van der Waals surface area (Å²) in [7, 11) is 3.29. The van der Waals surface area contributed by atoms with Crippen LogP contribution in [0.5, 0.6) is 0 Å². The fraction of sp³-hybridized carbons (Fsp3) is 0.280. The minimum Gasteiger partial charge on any atom is -0.383 e. The number of methoxy groups -OCH3 is 1. The Kier molecular flexibility index (Phi) is 6.45. The van der Waals surface area contributed by atoms with Gasteiger partial charge in [0, 0.05) is 32.2 Å². The highest BCUT2D eigenvalue weighted by atomic mass is 35.5. The average Bonchev–Trinajstić information content (AvgIpc) is 3.56. The van der Waals surface area contributed by atoms with Gasteiger partial charge < -0.3 is 19.9 Å². The molecular weight excluding hydrogens is 499 g/mol. The lowest BCUT2D eigenvalue weighted by atomic mass is 10.1. The second kappa shape index (κ2) is 9.72. The second-order valence-corrected chi connectivity index (χ2v) is 9.10. The summed E-state index contributed by atoms with van der Waals surface area (Å²) in [4.78, 5) is 26.7. The molecular formula is C25H23ClFN8O2+. The average molecular weight is 522 g/mol. The first kappa shape index (κ1) is 24.5. The molecule has 2 aromatic heterocycles. The van der Waals surface area contributed by atoms with E-state index in [2.05, 4.69) is 38.5 Å². The summed E-state index contributed by atoms with van der Waals surface area (Å²) in [6, 6.07) is 1.54. The summed E-state index contributed by atoms with van der Waals surface area (Å²) in [5.74, 6) is 5.74. The maximum Gasteiger partial charge on any atom is 0.363 e. The molecule has 2 aliphatic heterocycles. The van der Waals surface area contributed by atoms with Gasteiger partial charge >= 0.3 is 5.82 Å². The summed E-state index contributed by atoms with van der Waals surface area (Å²) < 4.78 is 23.3. The van der Waals surface area contributed by atoms with Gasteiger partial charge in [0.25, 0.3) is 0 Å². The Morgan fingerprint density at radius 2 is 2.22 bits per heavy atom. The molecule has 5 rings (SSSR count). The molecule has 10 nitrogen and oxygen atoms in total. The van der Waals surface area contributed by atoms with E-state index in [1.165, 1.54) is 18.7 Å². The molecule has 2 aliphatic rings. The second-order valence-electron chi connectivity index (χ2n) is 8.72. The number of halogens is 2. The van der Waals surface area contributed by atoms with Gasteiger partial charge in [0.1, 0.15) is 17.5 Å². The molecule has 1 saturated heterocycles. The van der Waals surface area contributed by atoms with E-state index in [9.17, 15) is 9.18 Å². The first-order valence-corrected chi connectivity index (χ1v) is 11.8. The molecule has 37 heavy (non-hydrogen) atoms. The lowest BCUT2D eigenvalue weighted by Gasteiger charge is -2.22. The van der Waals surface area contributed by atoms with Crippen molar-refractivity contribution >= 4 is 52.1 Å². The Labute approximate surface area is 216 Å². The van der Waals surface area contributed by atoms with Crippen molar-refractivity contribution in [2.24, 2.45) is 18.1 Å². The fourth-order valence-electron chi connectivity index (χ4n) is 4.65. The lowest BCUT2D eigenvalue weighted by molar-refractivity contribution is -0.442. The predicted octanol–water partition coefficient (Wildman–Crippen LogP) is 2.27. The molecule has 4 heterocycles. The normalized spacial score (nSPS) is 19.6. The number of nitrogen functional groups attached to an aromatic ring is 1. The van der Waals surface area contributed by atoms with Crippen LogP contribution in [0.3, 0.4) is 0 Å². The number of hydrazone groups is 1. The van der Waals surface area contributed by atoms with E-state index in [0.717, 1.165) is 0 Å². The van der Waals surface area contributed by atoms with E-state index in [1.54, 1.807) is 34.4 Å². The van der Waals surface area contributed by atoms with Gasteiger partial charge in [-0.25, -0.2) is 9.37 Å². The third kappa shape index (κ3) is 4.34. The van der Waals surface area contributed by atoms with E-state index in [1.807, 2.05) is 6.21 Å². The van der Waals surface area contributed by atoms with Crippen molar-refractivity contribution in [3.8, 4) is 11.8 Å². The van der Waals surface area contributed by atoms with Crippen molar-refractivity contribution in [2.75, 3.05) is 26.0 Å². The molecule has 0 saturated carbocycles. The summed E-state index contributed by atoms with van der Waals surface area (Å²) in [5, 5.41) is 4.50. The van der Waals surface area contributed by atoms with Gasteiger partial charge in [0.15, 0.2) is 17.1 Å². The van der Waals surface area contributed by atoms with Gasteiger partial charge in [-0.05, 0) is 29.5 Å². The number of amides is 1. The van der Waals surface area contributed by atoms with E-state index < -0.39 is 5.82 Å². The summed E-state index contributed by atoms with van der Waals surface area (Å²) in [6.07, 6.45) is 6.71. The van der Waals surface area contributed by atoms with Crippen molar-refractivity contribution in [2.45, 2.75) is 12.5 Å². The topological polar surface area (TPSA) is 115 Å². The molecule has 2 atom stereocenters. The van der Waals surface area contributed by atoms with Crippen molar-refractivity contribution in [3.05, 3.63) is 53.3 Å². The number of aromatic nitrogens is 4. The molecule has 1 amide bonds. The van der Waals surface area contributed by atoms with Crippen molar-refractivity contribution in [1.29, 1.82) is 0 Å². The van der Waals surface area contributed by atoms with Crippen LogP contribution in [0.1, 0.15) is 17.5 Å². The standard InChI is InChI=1S/C25H23ClFN8O2/c1-4-19(36)34-9-14(7-16(34)11-37-3)10-35-25-20(24(28)29-12-30-25)17(32-35)6-5-15-8-18-23(22(27)21(15)26)33(2)13-31-18/h4,8,10,12-14,16H,1,7,9,11H2,2-3H3,(H2,28,29,30)/q+1/b35-10+/t14?,16-/m1/s1. The number of hydrogen-bond acceptors (Lipinski definition) is 7. The zero-order chi connectivity index (χ0) is 26.3. The summed E-state index contributed by atoms with van der Waals surface area (Å²) in [5.41, 5.74) is 7.93. The number of hydrogen-bond donors (Lipinski definition) is 1. The molecule has 0 radical (unpaired) electrons. The Balaban J connectivity index is 1.52. The van der Waals surface area contributed by atoms with Gasteiger partial charge in [-0.3, -0.25) is 4.79 Å². The molecule has 1 unspecified atom stereocenters. The largest absolute Gasteiger partial charge is 0.383 e. The minimum atomic E-state index is -0.597. The monoisotopic (exact) mass is 521 g/mol. The van der Waals surface area contributed by atoms with Gasteiger partial charge in [-0.1, -0.05) is 29.2 Å². The first-order valence-electron chi connectivity index (χ1n) is 11.4. The molecule has 1 fully saturated rings. The number of fused-ring (bicyclic) bond motifs is 2. The van der Waals surface area contributed by atoms with Gasteiger partial charge in [0.05, 0.1) is 29.5 Å². The van der Waals surface area contributed by atoms with Crippen molar-refractivity contribution < 1.29 is 18.6 Å². The van der Waals surface area contributed by atoms with Crippen LogP contribution in [0.4, 0.5) is 16.0 Å². The quantitative estimate of drug-likeness (QED) is 0.320. The zero-order valence-corrected chi connectivity index (χ0v) is 20.9. The fourth-order valence-corrected chi connectivity index (χ4v) is 4.84. The molecule has 0 bridgehead atoms. The first-order chi connectivity index (χ1) is 17.8.